The van der Waals surface area contributed by atoms with Gasteiger partial charge in [0.1, 0.15) is 11.4 Å². The van der Waals surface area contributed by atoms with Crippen LogP contribution in [0.1, 0.15) is 32.3 Å². The molecule has 0 unspecified atom stereocenters. The zero-order valence-electron chi connectivity index (χ0n) is 16.4. The van der Waals surface area contributed by atoms with Crippen LogP contribution in [-0.2, 0) is 16.0 Å². The fourth-order valence-electron chi connectivity index (χ4n) is 4.11. The van der Waals surface area contributed by atoms with Crippen LogP contribution in [0, 0.1) is 11.7 Å². The topological polar surface area (TPSA) is 60.9 Å². The number of imide groups is 1. The Hall–Kier alpha value is -2.15. The van der Waals surface area contributed by atoms with Crippen LogP contribution in [0.2, 0.25) is 5.02 Å². The van der Waals surface area contributed by atoms with Crippen molar-refractivity contribution in [3.63, 3.8) is 0 Å². The van der Waals surface area contributed by atoms with Crippen molar-refractivity contribution >= 4 is 29.4 Å². The summed E-state index contributed by atoms with van der Waals surface area (Å²) in [5.74, 6) is -0.577. The van der Waals surface area contributed by atoms with E-state index in [0.717, 1.165) is 0 Å². The Morgan fingerprint density at radius 3 is 2.43 bits per heavy atom. The molecule has 0 saturated carbocycles. The molecule has 0 atom stereocenters. The molecule has 2 aliphatic heterocycles. The number of hydrogen-bond acceptors (Lipinski definition) is 3. The average molecular weight is 410 g/mol. The van der Waals surface area contributed by atoms with Crippen molar-refractivity contribution in [2.75, 3.05) is 26.7 Å². The Balaban J connectivity index is 1.71. The van der Waals surface area contributed by atoms with E-state index in [1.807, 2.05) is 13.8 Å². The van der Waals surface area contributed by atoms with Gasteiger partial charge in [0.05, 0.1) is 6.42 Å². The van der Waals surface area contributed by atoms with Crippen molar-refractivity contribution < 1.29 is 18.8 Å². The third-order valence-electron chi connectivity index (χ3n) is 5.51. The van der Waals surface area contributed by atoms with Crippen LogP contribution in [0.5, 0.6) is 0 Å². The van der Waals surface area contributed by atoms with Gasteiger partial charge in [-0.3, -0.25) is 14.5 Å². The van der Waals surface area contributed by atoms with Crippen molar-refractivity contribution in [3.8, 4) is 0 Å². The SMILES string of the molecule is CC(C)CN1C(=O)N(C)C(=O)C12CCN(C(=O)Cc1cc(F)cc(Cl)c1)CC2. The molecule has 6 nitrogen and oxygen atoms in total. The fraction of sp³-hybridized carbons (Fsp3) is 0.550. The molecule has 0 aliphatic carbocycles. The van der Waals surface area contributed by atoms with Gasteiger partial charge in [0.15, 0.2) is 0 Å². The normalized spacial score (nSPS) is 19.3. The van der Waals surface area contributed by atoms with Gasteiger partial charge < -0.3 is 9.80 Å². The summed E-state index contributed by atoms with van der Waals surface area (Å²) in [5.41, 5.74) is -0.349. The summed E-state index contributed by atoms with van der Waals surface area (Å²) in [6.07, 6.45) is 0.863. The monoisotopic (exact) mass is 409 g/mol. The molecular weight excluding hydrogens is 385 g/mol. The van der Waals surface area contributed by atoms with Crippen molar-refractivity contribution in [2.45, 2.75) is 38.6 Å². The standard InChI is InChI=1S/C20H25ClFN3O3/c1-13(2)12-25-19(28)23(3)18(27)20(25)4-6-24(7-5-20)17(26)10-14-8-15(21)11-16(22)9-14/h8-9,11,13H,4-7,10,12H2,1-3H3. The number of urea groups is 1. The van der Waals surface area contributed by atoms with Gasteiger partial charge in [-0.1, -0.05) is 25.4 Å². The lowest BCUT2D eigenvalue weighted by Gasteiger charge is -2.42. The Kier molecular flexibility index (Phi) is 5.66. The van der Waals surface area contributed by atoms with Crippen molar-refractivity contribution in [1.82, 2.24) is 14.7 Å². The maximum Gasteiger partial charge on any atom is 0.327 e. The summed E-state index contributed by atoms with van der Waals surface area (Å²) in [6, 6.07) is 3.80. The summed E-state index contributed by atoms with van der Waals surface area (Å²) in [5, 5.41) is 0.253. The number of carbonyl (C=O) groups is 3. The second kappa shape index (κ2) is 7.70. The molecule has 3 rings (SSSR count). The number of carbonyl (C=O) groups excluding carboxylic acids is 3. The predicted octanol–water partition coefficient (Wildman–Crippen LogP) is 2.93. The first-order valence-corrected chi connectivity index (χ1v) is 9.84. The molecule has 152 valence electrons. The van der Waals surface area contributed by atoms with Gasteiger partial charge in [-0.15, -0.1) is 0 Å². The largest absolute Gasteiger partial charge is 0.342 e. The summed E-state index contributed by atoms with van der Waals surface area (Å²) < 4.78 is 13.5. The number of amides is 4. The number of likely N-dealkylation sites (N-methyl/N-ethyl adjacent to an activating group) is 1. The first kappa shape index (κ1) is 20.6. The van der Waals surface area contributed by atoms with Crippen LogP contribution < -0.4 is 0 Å². The van der Waals surface area contributed by atoms with Crippen LogP contribution in [0.15, 0.2) is 18.2 Å². The van der Waals surface area contributed by atoms with Gasteiger partial charge in [-0.2, -0.15) is 0 Å². The van der Waals surface area contributed by atoms with Gasteiger partial charge >= 0.3 is 6.03 Å². The van der Waals surface area contributed by atoms with Crippen LogP contribution >= 0.6 is 11.6 Å². The summed E-state index contributed by atoms with van der Waals surface area (Å²) >= 11 is 5.86. The maximum absolute atomic E-state index is 13.5. The van der Waals surface area contributed by atoms with E-state index in [1.54, 1.807) is 15.9 Å². The first-order chi connectivity index (χ1) is 13.1. The third kappa shape index (κ3) is 3.72. The third-order valence-corrected chi connectivity index (χ3v) is 5.72. The van der Waals surface area contributed by atoms with Crippen LogP contribution in [-0.4, -0.2) is 64.8 Å². The number of halogens is 2. The lowest BCUT2D eigenvalue weighted by Crippen LogP contribution is -2.58. The molecule has 4 amide bonds. The predicted molar refractivity (Wildman–Crippen MR) is 103 cm³/mol. The molecule has 2 heterocycles. The Bertz CT molecular complexity index is 786. The number of nitrogens with zero attached hydrogens (tertiary/aromatic N) is 3. The Morgan fingerprint density at radius 2 is 1.86 bits per heavy atom. The number of benzene rings is 1. The molecular formula is C20H25ClFN3O3. The van der Waals surface area contributed by atoms with E-state index in [-0.39, 0.29) is 35.2 Å². The van der Waals surface area contributed by atoms with E-state index >= 15 is 0 Å². The molecule has 28 heavy (non-hydrogen) atoms. The van der Waals surface area contributed by atoms with Crippen molar-refractivity contribution in [1.29, 1.82) is 0 Å². The minimum Gasteiger partial charge on any atom is -0.342 e. The first-order valence-electron chi connectivity index (χ1n) is 9.46. The lowest BCUT2D eigenvalue weighted by molar-refractivity contribution is -0.140. The molecule has 0 radical (unpaired) electrons. The van der Waals surface area contributed by atoms with E-state index in [0.29, 0.717) is 38.0 Å². The minimum atomic E-state index is -0.866. The molecule has 1 aromatic rings. The van der Waals surface area contributed by atoms with E-state index in [1.165, 1.54) is 24.1 Å². The lowest BCUT2D eigenvalue weighted by atomic mass is 9.85. The van der Waals surface area contributed by atoms with Gasteiger partial charge in [0, 0.05) is 31.7 Å². The smallest absolute Gasteiger partial charge is 0.327 e. The number of rotatable bonds is 4. The minimum absolute atomic E-state index is 0.0486. The van der Waals surface area contributed by atoms with Gasteiger partial charge in [-0.05, 0) is 42.5 Å². The van der Waals surface area contributed by atoms with Crippen LogP contribution in [0.3, 0.4) is 0 Å². The van der Waals surface area contributed by atoms with Crippen molar-refractivity contribution in [3.05, 3.63) is 34.6 Å². The maximum atomic E-state index is 13.5. The van der Waals surface area contributed by atoms with Gasteiger partial charge in [0.2, 0.25) is 5.91 Å². The highest BCUT2D eigenvalue weighted by Gasteiger charge is 2.57. The van der Waals surface area contributed by atoms with Crippen LogP contribution in [0.4, 0.5) is 9.18 Å². The summed E-state index contributed by atoms with van der Waals surface area (Å²) in [6.45, 7) is 5.27. The zero-order valence-corrected chi connectivity index (χ0v) is 17.1. The molecule has 2 saturated heterocycles. The van der Waals surface area contributed by atoms with E-state index in [9.17, 15) is 18.8 Å². The second-order valence-electron chi connectivity index (χ2n) is 8.02. The Morgan fingerprint density at radius 1 is 1.21 bits per heavy atom. The van der Waals surface area contributed by atoms with Crippen LogP contribution in [0.25, 0.3) is 0 Å². The van der Waals surface area contributed by atoms with E-state index in [2.05, 4.69) is 0 Å². The number of likely N-dealkylation sites (tertiary alicyclic amines) is 1. The zero-order chi connectivity index (χ0) is 20.6. The molecule has 0 aromatic heterocycles. The molecule has 1 aromatic carbocycles. The fourth-order valence-corrected chi connectivity index (χ4v) is 4.35. The molecule has 8 heteroatoms. The highest BCUT2D eigenvalue weighted by Crippen LogP contribution is 2.37. The van der Waals surface area contributed by atoms with E-state index in [4.69, 9.17) is 11.6 Å². The van der Waals surface area contributed by atoms with Gasteiger partial charge in [0.25, 0.3) is 5.91 Å². The molecule has 2 aliphatic rings. The van der Waals surface area contributed by atoms with Crippen molar-refractivity contribution in [2.24, 2.45) is 5.92 Å². The molecule has 0 N–H and O–H groups in total. The van der Waals surface area contributed by atoms with E-state index < -0.39 is 11.4 Å². The average Bonchev–Trinajstić information content (AvgIpc) is 2.77. The highest BCUT2D eigenvalue weighted by atomic mass is 35.5. The van der Waals surface area contributed by atoms with Gasteiger partial charge in [-0.25, -0.2) is 9.18 Å². The second-order valence-corrected chi connectivity index (χ2v) is 8.45. The quantitative estimate of drug-likeness (QED) is 0.718. The summed E-state index contributed by atoms with van der Waals surface area (Å²) in [7, 11) is 1.51. The number of hydrogen-bond donors (Lipinski definition) is 0. The summed E-state index contributed by atoms with van der Waals surface area (Å²) in [4.78, 5) is 42.6. The highest BCUT2D eigenvalue weighted by molar-refractivity contribution is 6.30. The Labute approximate surface area is 169 Å². The molecule has 0 bridgehead atoms. The number of piperidine rings is 1. The molecule has 2 fully saturated rings. The molecule has 1 spiro atoms.